The maximum Gasteiger partial charge on any atom is 0.271 e. The molecule has 6 rings (SSSR count). The summed E-state index contributed by atoms with van der Waals surface area (Å²) in [5.74, 6) is -4.32. The fraction of sp³-hybridized carbons (Fsp3) is 0.333. The number of aromatic amines is 2. The molecule has 0 saturated heterocycles. The van der Waals surface area contributed by atoms with E-state index in [1.165, 1.54) is 19.5 Å². The molecule has 0 aliphatic carbocycles. The smallest absolute Gasteiger partial charge is 0.271 e. The fourth-order valence-electron chi connectivity index (χ4n) is 7.12. The lowest BCUT2D eigenvalue weighted by Gasteiger charge is -2.24. The van der Waals surface area contributed by atoms with Crippen LogP contribution in [0.25, 0.3) is 21.8 Å². The number of hydrogen-bond donors (Lipinski definition) is 8. The van der Waals surface area contributed by atoms with Gasteiger partial charge >= 0.3 is 0 Å². The SMILES string of the molecule is C=C1NC(=O)C(CC)NC(=O)CNC(=O)C(Cc2c(C)[nH]c3cccc(OC)c23)NC(=O)C(Cc2c[nH]c3ccccc23)NC(=O)c2csc(n2)C(C)NC(=O)CN(C)C1=O. The molecule has 3 aromatic heterocycles. The van der Waals surface area contributed by atoms with Crippen LogP contribution in [0, 0.1) is 6.92 Å². The molecule has 0 saturated carbocycles. The first-order valence-corrected chi connectivity index (χ1v) is 20.4. The average molecular weight is 853 g/mol. The Morgan fingerprint density at radius 2 is 1.61 bits per heavy atom. The molecular formula is C42H48N10O8S. The number of nitrogens with zero attached hydrogens (tertiary/aromatic N) is 2. The van der Waals surface area contributed by atoms with E-state index in [-0.39, 0.29) is 30.7 Å². The van der Waals surface area contributed by atoms with E-state index in [1.807, 2.05) is 43.3 Å². The number of likely N-dealkylation sites (N-methyl/N-ethyl adjacent to an activating group) is 1. The Balaban J connectivity index is 1.36. The van der Waals surface area contributed by atoms with Crippen molar-refractivity contribution in [2.24, 2.45) is 0 Å². The van der Waals surface area contributed by atoms with Gasteiger partial charge in [-0.25, -0.2) is 4.98 Å². The molecule has 61 heavy (non-hydrogen) atoms. The van der Waals surface area contributed by atoms with Crippen LogP contribution in [0.2, 0.25) is 0 Å². The number of para-hydroxylation sites is 1. The molecule has 19 heteroatoms. The molecule has 4 atom stereocenters. The van der Waals surface area contributed by atoms with Crippen molar-refractivity contribution in [2.45, 2.75) is 64.2 Å². The summed E-state index contributed by atoms with van der Waals surface area (Å²) in [5.41, 5.74) is 3.31. The van der Waals surface area contributed by atoms with Crippen molar-refractivity contribution in [3.63, 3.8) is 0 Å². The number of carbonyl (C=O) groups is 7. The first-order valence-electron chi connectivity index (χ1n) is 19.5. The predicted molar refractivity (Wildman–Crippen MR) is 227 cm³/mol. The van der Waals surface area contributed by atoms with Gasteiger partial charge in [-0.15, -0.1) is 11.3 Å². The number of amides is 7. The molecule has 4 unspecified atom stereocenters. The second kappa shape index (κ2) is 18.9. The molecule has 8 N–H and O–H groups in total. The number of aryl methyl sites for hydroxylation is 1. The van der Waals surface area contributed by atoms with Gasteiger partial charge in [0.2, 0.25) is 29.5 Å². The minimum absolute atomic E-state index is 0.0147. The molecule has 320 valence electrons. The summed E-state index contributed by atoms with van der Waals surface area (Å²) in [6.07, 6.45) is 1.83. The highest BCUT2D eigenvalue weighted by Crippen LogP contribution is 2.32. The lowest BCUT2D eigenvalue weighted by molar-refractivity contribution is -0.134. The van der Waals surface area contributed by atoms with Gasteiger partial charge in [-0.1, -0.05) is 37.8 Å². The van der Waals surface area contributed by atoms with Crippen LogP contribution >= 0.6 is 11.3 Å². The molecule has 1 aliphatic rings. The summed E-state index contributed by atoms with van der Waals surface area (Å²) < 4.78 is 5.65. The Labute approximate surface area is 354 Å². The van der Waals surface area contributed by atoms with Gasteiger partial charge in [0.15, 0.2) is 0 Å². The van der Waals surface area contributed by atoms with Gasteiger partial charge in [0.1, 0.15) is 34.6 Å². The van der Waals surface area contributed by atoms with E-state index in [2.05, 4.69) is 53.4 Å². The van der Waals surface area contributed by atoms with Crippen LogP contribution in [0.4, 0.5) is 0 Å². The maximum atomic E-state index is 14.5. The zero-order valence-corrected chi connectivity index (χ0v) is 35.1. The molecule has 1 aliphatic heterocycles. The van der Waals surface area contributed by atoms with Crippen molar-refractivity contribution >= 4 is 74.5 Å². The van der Waals surface area contributed by atoms with Crippen LogP contribution < -0.4 is 36.6 Å². The van der Waals surface area contributed by atoms with Crippen molar-refractivity contribution in [1.29, 1.82) is 0 Å². The molecule has 4 heterocycles. The predicted octanol–water partition coefficient (Wildman–Crippen LogP) is 1.78. The van der Waals surface area contributed by atoms with Crippen molar-refractivity contribution in [2.75, 3.05) is 27.2 Å². The zero-order chi connectivity index (χ0) is 44.0. The number of ether oxygens (including phenoxy) is 1. The minimum atomic E-state index is -1.29. The Hall–Kier alpha value is -7.02. The topological polar surface area (TPSA) is 249 Å². The number of H-pyrrole nitrogens is 2. The van der Waals surface area contributed by atoms with Gasteiger partial charge in [-0.05, 0) is 49.6 Å². The first kappa shape index (κ1) is 43.6. The Kier molecular flexibility index (Phi) is 13.5. The van der Waals surface area contributed by atoms with Gasteiger partial charge in [0.25, 0.3) is 11.8 Å². The summed E-state index contributed by atoms with van der Waals surface area (Å²) in [4.78, 5) is 107. The molecule has 18 nitrogen and oxygen atoms in total. The zero-order valence-electron chi connectivity index (χ0n) is 34.3. The van der Waals surface area contributed by atoms with Crippen molar-refractivity contribution < 1.29 is 38.3 Å². The third-order valence-electron chi connectivity index (χ3n) is 10.3. The molecule has 0 radical (unpaired) electrons. The monoisotopic (exact) mass is 852 g/mol. The van der Waals surface area contributed by atoms with Crippen molar-refractivity contribution in [1.82, 2.24) is 51.8 Å². The molecular weight excluding hydrogens is 805 g/mol. The van der Waals surface area contributed by atoms with Gasteiger partial charge in [0.05, 0.1) is 31.9 Å². The normalized spacial score (nSPS) is 20.6. The van der Waals surface area contributed by atoms with Crippen LogP contribution in [0.1, 0.15) is 58.6 Å². The summed E-state index contributed by atoms with van der Waals surface area (Å²) in [7, 11) is 2.88. The maximum absolute atomic E-state index is 14.5. The standard InChI is InChI=1S/C42H48N10O8S/c1-7-27-38(56)47-23(4)42(59)52(5)19-35(54)46-22(3)41-51-32(20-61-41)40(58)49-30(15-24-17-43-28-12-9-8-11-25(24)28)39(57)50-31(37(55)44-18-34(53)48-27)16-26-21(2)45-29-13-10-14-33(60-6)36(26)29/h8-14,17,20,22,27,30-31,43,45H,4,7,15-16,18-19H2,1-3,5-6H3,(H,44,55)(H,46,54)(H,47,56)(H,48,53)(H,49,58)(H,50,57). The number of rotatable bonds is 6. The molecule has 2 bridgehead atoms. The van der Waals surface area contributed by atoms with E-state index < -0.39 is 78.6 Å². The minimum Gasteiger partial charge on any atom is -0.496 e. The second-order valence-corrected chi connectivity index (χ2v) is 15.6. The number of nitrogens with one attached hydrogen (secondary N) is 8. The van der Waals surface area contributed by atoms with Gasteiger partial charge in [-0.3, -0.25) is 33.6 Å². The number of hydrogen-bond acceptors (Lipinski definition) is 10. The van der Waals surface area contributed by atoms with Crippen LogP contribution in [-0.2, 0) is 41.6 Å². The fourth-order valence-corrected chi connectivity index (χ4v) is 7.93. The number of aromatic nitrogens is 3. The number of carbonyl (C=O) groups excluding carboxylic acids is 7. The Morgan fingerprint density at radius 1 is 0.869 bits per heavy atom. The highest BCUT2D eigenvalue weighted by Gasteiger charge is 2.32. The van der Waals surface area contributed by atoms with E-state index in [1.54, 1.807) is 26.1 Å². The number of thiazole rings is 1. The Bertz CT molecular complexity index is 2520. The van der Waals surface area contributed by atoms with E-state index in [4.69, 9.17) is 4.74 Å². The van der Waals surface area contributed by atoms with Crippen molar-refractivity contribution in [3.8, 4) is 5.75 Å². The summed E-state index contributed by atoms with van der Waals surface area (Å²) in [6.45, 7) is 7.79. The van der Waals surface area contributed by atoms with Gasteiger partial charge in [0, 0.05) is 59.0 Å². The highest BCUT2D eigenvalue weighted by atomic mass is 32.1. The van der Waals surface area contributed by atoms with E-state index in [9.17, 15) is 33.6 Å². The molecule has 0 spiro atoms. The Morgan fingerprint density at radius 3 is 2.36 bits per heavy atom. The van der Waals surface area contributed by atoms with E-state index >= 15 is 0 Å². The molecule has 2 aromatic carbocycles. The van der Waals surface area contributed by atoms with E-state index in [0.29, 0.717) is 27.4 Å². The number of fused-ring (bicyclic) bond motifs is 4. The molecule has 0 fully saturated rings. The third kappa shape index (κ3) is 10.1. The van der Waals surface area contributed by atoms with Crippen LogP contribution in [0.15, 0.2) is 66.3 Å². The largest absolute Gasteiger partial charge is 0.496 e. The number of benzene rings is 2. The van der Waals surface area contributed by atoms with Crippen LogP contribution in [-0.4, -0.2) is 107 Å². The second-order valence-electron chi connectivity index (χ2n) is 14.7. The lowest BCUT2D eigenvalue weighted by Crippen LogP contribution is -2.56. The number of methoxy groups -OCH3 is 1. The summed E-state index contributed by atoms with van der Waals surface area (Å²) >= 11 is 1.11. The summed E-state index contributed by atoms with van der Waals surface area (Å²) in [5, 5.41) is 19.3. The van der Waals surface area contributed by atoms with E-state index in [0.717, 1.165) is 38.2 Å². The van der Waals surface area contributed by atoms with Gasteiger partial charge < -0.3 is 51.5 Å². The van der Waals surface area contributed by atoms with Crippen LogP contribution in [0.5, 0.6) is 5.75 Å². The lowest BCUT2D eigenvalue weighted by atomic mass is 9.99. The quantitative estimate of drug-likeness (QED) is 0.116. The molecule has 5 aromatic rings. The van der Waals surface area contributed by atoms with Crippen LogP contribution in [0.3, 0.4) is 0 Å². The third-order valence-corrected chi connectivity index (χ3v) is 11.4. The molecule has 7 amide bonds. The average Bonchev–Trinajstić information content (AvgIpc) is 3.98. The highest BCUT2D eigenvalue weighted by molar-refractivity contribution is 7.09. The first-order chi connectivity index (χ1) is 29.2. The summed E-state index contributed by atoms with van der Waals surface area (Å²) in [6, 6.07) is 8.60. The van der Waals surface area contributed by atoms with Gasteiger partial charge in [-0.2, -0.15) is 0 Å². The van der Waals surface area contributed by atoms with Crippen molar-refractivity contribution in [3.05, 3.63) is 93.8 Å².